The molecule has 3 rings (SSSR count). The fourth-order valence-electron chi connectivity index (χ4n) is 1.96. The van der Waals surface area contributed by atoms with Crippen molar-refractivity contribution >= 4 is 39.4 Å². The van der Waals surface area contributed by atoms with E-state index in [2.05, 4.69) is 22.1 Å². The molecule has 0 unspecified atom stereocenters. The molecule has 0 aliphatic heterocycles. The lowest BCUT2D eigenvalue weighted by Crippen LogP contribution is -1.90. The molecule has 22 heavy (non-hydrogen) atoms. The third-order valence-corrected chi connectivity index (χ3v) is 4.46. The Kier molecular flexibility index (Phi) is 4.18. The van der Waals surface area contributed by atoms with Gasteiger partial charge in [0.2, 0.25) is 0 Å². The zero-order valence-electron chi connectivity index (χ0n) is 11.6. The third-order valence-electron chi connectivity index (χ3n) is 3.02. The number of benzene rings is 2. The van der Waals surface area contributed by atoms with Crippen molar-refractivity contribution in [2.24, 2.45) is 0 Å². The minimum atomic E-state index is 0.190. The van der Waals surface area contributed by atoms with Crippen molar-refractivity contribution in [3.8, 4) is 17.6 Å². The molecule has 0 aliphatic rings. The standard InChI is InChI=1S/C16H11FN2OS2/c1-18-12-5-2-10(8-15(12)22-17)3-7-16-19-13-6-4-11(20)9-14(13)21-16/h2,4-6,8-9,18,20H,1H3. The summed E-state index contributed by atoms with van der Waals surface area (Å²) >= 11 is 1.60. The molecule has 2 N–H and O–H groups in total. The lowest BCUT2D eigenvalue weighted by Gasteiger charge is -2.04. The number of fused-ring (bicyclic) bond motifs is 1. The molecule has 0 atom stereocenters. The van der Waals surface area contributed by atoms with Gasteiger partial charge in [-0.2, -0.15) is 3.89 Å². The Labute approximate surface area is 135 Å². The van der Waals surface area contributed by atoms with Crippen LogP contribution in [0, 0.1) is 11.8 Å². The van der Waals surface area contributed by atoms with Gasteiger partial charge in [-0.15, -0.1) is 11.3 Å². The molecule has 2 aromatic carbocycles. The zero-order valence-corrected chi connectivity index (χ0v) is 13.2. The molecule has 0 amide bonds. The van der Waals surface area contributed by atoms with E-state index in [1.54, 1.807) is 37.4 Å². The zero-order chi connectivity index (χ0) is 15.5. The maximum absolute atomic E-state index is 12.9. The van der Waals surface area contributed by atoms with Gasteiger partial charge in [0, 0.05) is 12.6 Å². The Bertz CT molecular complexity index is 896. The quantitative estimate of drug-likeness (QED) is 0.683. The Morgan fingerprint density at radius 3 is 2.86 bits per heavy atom. The molecule has 0 fully saturated rings. The number of aromatic nitrogens is 1. The highest BCUT2D eigenvalue weighted by molar-refractivity contribution is 7.94. The molecule has 1 aromatic heterocycles. The lowest BCUT2D eigenvalue weighted by atomic mass is 10.2. The Hall–Kier alpha value is -2.23. The molecular formula is C16H11FN2OS2. The van der Waals surface area contributed by atoms with Crippen molar-refractivity contribution < 1.29 is 8.99 Å². The summed E-state index contributed by atoms with van der Waals surface area (Å²) in [4.78, 5) is 4.89. The Balaban J connectivity index is 1.93. The van der Waals surface area contributed by atoms with Crippen LogP contribution in [0.2, 0.25) is 0 Å². The topological polar surface area (TPSA) is 45.2 Å². The normalized spacial score (nSPS) is 10.3. The maximum atomic E-state index is 12.9. The van der Waals surface area contributed by atoms with E-state index in [1.807, 2.05) is 6.07 Å². The average Bonchev–Trinajstić information content (AvgIpc) is 2.94. The van der Waals surface area contributed by atoms with Crippen LogP contribution >= 0.6 is 23.5 Å². The van der Waals surface area contributed by atoms with Crippen molar-refractivity contribution in [1.29, 1.82) is 0 Å². The number of anilines is 1. The van der Waals surface area contributed by atoms with Crippen LogP contribution in [0.3, 0.4) is 0 Å². The van der Waals surface area contributed by atoms with Crippen LogP contribution in [-0.2, 0) is 0 Å². The molecule has 0 bridgehead atoms. The number of phenols is 1. The number of phenolic OH excluding ortho intramolecular Hbond substituents is 1. The van der Waals surface area contributed by atoms with Crippen LogP contribution in [0.5, 0.6) is 5.75 Å². The number of aromatic hydroxyl groups is 1. The van der Waals surface area contributed by atoms with Crippen LogP contribution in [0.4, 0.5) is 9.57 Å². The van der Waals surface area contributed by atoms with Gasteiger partial charge in [-0.1, -0.05) is 5.92 Å². The van der Waals surface area contributed by atoms with E-state index >= 15 is 0 Å². The highest BCUT2D eigenvalue weighted by atomic mass is 32.2. The summed E-state index contributed by atoms with van der Waals surface area (Å²) in [6.07, 6.45) is 0. The SMILES string of the molecule is CNc1ccc(C#Cc2nc3ccc(O)cc3s2)cc1SF. The maximum Gasteiger partial charge on any atom is 0.168 e. The highest BCUT2D eigenvalue weighted by Gasteiger charge is 2.04. The van der Waals surface area contributed by atoms with Gasteiger partial charge >= 0.3 is 0 Å². The number of nitrogens with zero attached hydrogens (tertiary/aromatic N) is 1. The van der Waals surface area contributed by atoms with Gasteiger partial charge in [0.05, 0.1) is 32.9 Å². The molecule has 0 saturated heterocycles. The number of hydrogen-bond acceptors (Lipinski definition) is 5. The summed E-state index contributed by atoms with van der Waals surface area (Å²) < 4.78 is 13.8. The number of rotatable bonds is 2. The molecule has 110 valence electrons. The van der Waals surface area contributed by atoms with Crippen molar-refractivity contribution in [3.05, 3.63) is 47.0 Å². The highest BCUT2D eigenvalue weighted by Crippen LogP contribution is 2.29. The fraction of sp³-hybridized carbons (Fsp3) is 0.0625. The second kappa shape index (κ2) is 6.26. The third kappa shape index (κ3) is 3.01. The molecule has 0 radical (unpaired) electrons. The van der Waals surface area contributed by atoms with Crippen molar-refractivity contribution in [2.75, 3.05) is 12.4 Å². The van der Waals surface area contributed by atoms with E-state index in [-0.39, 0.29) is 17.9 Å². The van der Waals surface area contributed by atoms with Gasteiger partial charge in [-0.3, -0.25) is 0 Å². The molecule has 3 nitrogen and oxygen atoms in total. The second-order valence-corrected chi connectivity index (χ2v) is 6.08. The first kappa shape index (κ1) is 14.7. The largest absolute Gasteiger partial charge is 0.508 e. The minimum absolute atomic E-state index is 0.190. The van der Waals surface area contributed by atoms with Gasteiger partial charge in [-0.05, 0) is 42.3 Å². The monoisotopic (exact) mass is 330 g/mol. The molecule has 1 heterocycles. The van der Waals surface area contributed by atoms with Gasteiger partial charge in [0.1, 0.15) is 5.75 Å². The molecule has 0 aliphatic carbocycles. The van der Waals surface area contributed by atoms with E-state index in [4.69, 9.17) is 0 Å². The van der Waals surface area contributed by atoms with Crippen molar-refractivity contribution in [3.63, 3.8) is 0 Å². The first-order valence-electron chi connectivity index (χ1n) is 6.41. The first-order chi connectivity index (χ1) is 10.7. The Morgan fingerprint density at radius 1 is 1.23 bits per heavy atom. The van der Waals surface area contributed by atoms with Crippen LogP contribution in [0.1, 0.15) is 10.6 Å². The number of nitrogens with one attached hydrogen (secondary N) is 1. The molecule has 6 heteroatoms. The van der Waals surface area contributed by atoms with Crippen molar-refractivity contribution in [1.82, 2.24) is 4.98 Å². The van der Waals surface area contributed by atoms with Gasteiger partial charge in [0.25, 0.3) is 0 Å². The Morgan fingerprint density at radius 2 is 2.09 bits per heavy atom. The summed E-state index contributed by atoms with van der Waals surface area (Å²) in [5, 5.41) is 13.0. The van der Waals surface area contributed by atoms with E-state index in [0.29, 0.717) is 9.90 Å². The number of halogens is 1. The molecular weight excluding hydrogens is 319 g/mol. The van der Waals surface area contributed by atoms with Crippen LogP contribution < -0.4 is 5.32 Å². The van der Waals surface area contributed by atoms with Crippen molar-refractivity contribution in [2.45, 2.75) is 4.90 Å². The predicted molar refractivity (Wildman–Crippen MR) is 90.2 cm³/mol. The van der Waals surface area contributed by atoms with E-state index in [0.717, 1.165) is 21.5 Å². The summed E-state index contributed by atoms with van der Waals surface area (Å²) in [6, 6.07) is 10.3. The van der Waals surface area contributed by atoms with Crippen LogP contribution in [-0.4, -0.2) is 17.1 Å². The van der Waals surface area contributed by atoms with Gasteiger partial charge in [0.15, 0.2) is 5.01 Å². The number of hydrogen-bond donors (Lipinski definition) is 2. The number of thiazole rings is 1. The molecule has 0 spiro atoms. The average molecular weight is 330 g/mol. The van der Waals surface area contributed by atoms with Gasteiger partial charge in [-0.25, -0.2) is 4.98 Å². The summed E-state index contributed by atoms with van der Waals surface area (Å²) in [5.41, 5.74) is 2.26. The summed E-state index contributed by atoms with van der Waals surface area (Å²) in [7, 11) is 1.75. The lowest BCUT2D eigenvalue weighted by molar-refractivity contribution is 0.476. The molecule has 3 aromatic rings. The molecule has 0 saturated carbocycles. The predicted octanol–water partition coefficient (Wildman–Crippen LogP) is 4.42. The van der Waals surface area contributed by atoms with E-state index in [9.17, 15) is 8.99 Å². The van der Waals surface area contributed by atoms with Crippen LogP contribution in [0.15, 0.2) is 41.3 Å². The van der Waals surface area contributed by atoms with E-state index < -0.39 is 0 Å². The first-order valence-corrected chi connectivity index (χ1v) is 7.95. The van der Waals surface area contributed by atoms with Crippen LogP contribution in [0.25, 0.3) is 10.2 Å². The second-order valence-electron chi connectivity index (χ2n) is 4.46. The van der Waals surface area contributed by atoms with Gasteiger partial charge < -0.3 is 10.4 Å². The summed E-state index contributed by atoms with van der Waals surface area (Å²) in [6.45, 7) is 0. The fourth-order valence-corrected chi connectivity index (χ4v) is 3.24. The minimum Gasteiger partial charge on any atom is -0.508 e. The van der Waals surface area contributed by atoms with E-state index in [1.165, 1.54) is 11.3 Å². The summed E-state index contributed by atoms with van der Waals surface area (Å²) in [5.74, 6) is 6.18. The smallest absolute Gasteiger partial charge is 0.168 e.